The smallest absolute Gasteiger partial charge is 0.317 e. The molecule has 2 aromatic rings. The molecule has 1 fully saturated rings. The molecule has 0 aliphatic carbocycles. The Kier molecular flexibility index (Phi) is 4.15. The van der Waals surface area contributed by atoms with Gasteiger partial charge in [0.15, 0.2) is 0 Å². The number of urea groups is 1. The van der Waals surface area contributed by atoms with E-state index in [1.165, 1.54) is 0 Å². The van der Waals surface area contributed by atoms with Gasteiger partial charge in [-0.15, -0.1) is 0 Å². The highest BCUT2D eigenvalue weighted by Crippen LogP contribution is 2.22. The van der Waals surface area contributed by atoms with Crippen molar-refractivity contribution in [3.05, 3.63) is 42.4 Å². The molecular formula is C15H21N5O2. The van der Waals surface area contributed by atoms with Crippen LogP contribution in [0.2, 0.25) is 0 Å². The number of nitrogens with zero attached hydrogens (tertiary/aromatic N) is 4. The summed E-state index contributed by atoms with van der Waals surface area (Å²) in [6.45, 7) is 2.57. The monoisotopic (exact) mass is 303 g/mol. The lowest BCUT2D eigenvalue weighted by Crippen LogP contribution is -2.52. The van der Waals surface area contributed by atoms with E-state index < -0.39 is 0 Å². The fourth-order valence-electron chi connectivity index (χ4n) is 2.72. The molecule has 118 valence electrons. The number of imidazole rings is 1. The van der Waals surface area contributed by atoms with E-state index in [9.17, 15) is 4.79 Å². The zero-order chi connectivity index (χ0) is 15.5. The van der Waals surface area contributed by atoms with Crippen LogP contribution in [0.15, 0.2) is 35.2 Å². The van der Waals surface area contributed by atoms with E-state index in [0.29, 0.717) is 19.6 Å². The maximum absolute atomic E-state index is 12.3. The van der Waals surface area contributed by atoms with Gasteiger partial charge in [0.25, 0.3) is 0 Å². The minimum Gasteiger partial charge on any atom is -0.467 e. The minimum atomic E-state index is -0.0660. The Labute approximate surface area is 129 Å². The van der Waals surface area contributed by atoms with Gasteiger partial charge in [0.1, 0.15) is 11.6 Å². The molecule has 0 bridgehead atoms. The van der Waals surface area contributed by atoms with Crippen molar-refractivity contribution in [3.63, 3.8) is 0 Å². The number of likely N-dealkylation sites (N-methyl/N-ethyl adjacent to an activating group) is 1. The summed E-state index contributed by atoms with van der Waals surface area (Å²) in [7, 11) is 4.05. The summed E-state index contributed by atoms with van der Waals surface area (Å²) >= 11 is 0. The molecule has 3 heterocycles. The second-order valence-electron chi connectivity index (χ2n) is 5.58. The maximum atomic E-state index is 12.3. The molecule has 3 rings (SSSR count). The lowest BCUT2D eigenvalue weighted by atomic mass is 10.1. The van der Waals surface area contributed by atoms with Gasteiger partial charge in [-0.25, -0.2) is 9.78 Å². The number of rotatable bonds is 3. The quantitative estimate of drug-likeness (QED) is 0.925. The molecule has 0 saturated carbocycles. The van der Waals surface area contributed by atoms with Crippen molar-refractivity contribution in [1.29, 1.82) is 0 Å². The van der Waals surface area contributed by atoms with E-state index >= 15 is 0 Å². The maximum Gasteiger partial charge on any atom is 0.317 e. The van der Waals surface area contributed by atoms with Crippen LogP contribution in [0.5, 0.6) is 0 Å². The number of carbonyl (C=O) groups excluding carboxylic acids is 1. The number of nitrogens with one attached hydrogen (secondary N) is 1. The van der Waals surface area contributed by atoms with Crippen LogP contribution in [0.4, 0.5) is 4.79 Å². The molecule has 2 amide bonds. The number of aryl methyl sites for hydroxylation is 1. The van der Waals surface area contributed by atoms with E-state index in [1.54, 1.807) is 12.5 Å². The molecule has 0 radical (unpaired) electrons. The van der Waals surface area contributed by atoms with Crippen LogP contribution in [-0.4, -0.2) is 52.1 Å². The Hall–Kier alpha value is -2.28. The number of amides is 2. The summed E-state index contributed by atoms with van der Waals surface area (Å²) in [4.78, 5) is 20.8. The van der Waals surface area contributed by atoms with Crippen molar-refractivity contribution in [2.75, 3.05) is 26.7 Å². The Bertz CT molecular complexity index is 622. The van der Waals surface area contributed by atoms with Crippen molar-refractivity contribution in [3.8, 4) is 0 Å². The minimum absolute atomic E-state index is 0.0660. The first-order chi connectivity index (χ1) is 10.6. The number of piperazine rings is 1. The van der Waals surface area contributed by atoms with Gasteiger partial charge in [-0.2, -0.15) is 0 Å². The van der Waals surface area contributed by atoms with Crippen molar-refractivity contribution < 1.29 is 9.21 Å². The van der Waals surface area contributed by atoms with Gasteiger partial charge in [-0.3, -0.25) is 4.90 Å². The fourth-order valence-corrected chi connectivity index (χ4v) is 2.72. The van der Waals surface area contributed by atoms with Crippen LogP contribution < -0.4 is 5.32 Å². The van der Waals surface area contributed by atoms with Gasteiger partial charge < -0.3 is 19.2 Å². The van der Waals surface area contributed by atoms with Gasteiger partial charge in [0.05, 0.1) is 18.8 Å². The predicted molar refractivity (Wildman–Crippen MR) is 81.1 cm³/mol. The van der Waals surface area contributed by atoms with Gasteiger partial charge >= 0.3 is 6.03 Å². The van der Waals surface area contributed by atoms with Crippen molar-refractivity contribution in [1.82, 2.24) is 24.7 Å². The molecule has 0 aromatic carbocycles. The lowest BCUT2D eigenvalue weighted by molar-refractivity contribution is 0.104. The summed E-state index contributed by atoms with van der Waals surface area (Å²) in [6, 6.07) is 3.71. The SMILES string of the molecule is CN1CCN(C(=O)NCc2ccco2)C[C@H]1c1nccn1C. The van der Waals surface area contributed by atoms with E-state index in [4.69, 9.17) is 4.42 Å². The molecule has 0 spiro atoms. The topological polar surface area (TPSA) is 66.5 Å². The molecule has 0 unspecified atom stereocenters. The Morgan fingerprint density at radius 3 is 3.00 bits per heavy atom. The van der Waals surface area contributed by atoms with Gasteiger partial charge in [0.2, 0.25) is 0 Å². The third-order valence-electron chi connectivity index (χ3n) is 4.09. The molecule has 1 N–H and O–H groups in total. The van der Waals surface area contributed by atoms with Crippen LogP contribution in [0.3, 0.4) is 0 Å². The van der Waals surface area contributed by atoms with Crippen molar-refractivity contribution in [2.45, 2.75) is 12.6 Å². The lowest BCUT2D eigenvalue weighted by Gasteiger charge is -2.38. The molecule has 2 aromatic heterocycles. The normalized spacial score (nSPS) is 19.4. The number of hydrogen-bond acceptors (Lipinski definition) is 4. The van der Waals surface area contributed by atoms with Crippen LogP contribution in [0.1, 0.15) is 17.6 Å². The number of carbonyl (C=O) groups is 1. The first-order valence-electron chi connectivity index (χ1n) is 7.38. The van der Waals surface area contributed by atoms with Crippen LogP contribution in [0, 0.1) is 0 Å². The zero-order valence-corrected chi connectivity index (χ0v) is 12.9. The molecule has 22 heavy (non-hydrogen) atoms. The summed E-state index contributed by atoms with van der Waals surface area (Å²) in [6.07, 6.45) is 5.33. The molecule has 7 heteroatoms. The van der Waals surface area contributed by atoms with Crippen LogP contribution >= 0.6 is 0 Å². The van der Waals surface area contributed by atoms with E-state index in [0.717, 1.165) is 18.1 Å². The third kappa shape index (κ3) is 2.99. The average Bonchev–Trinajstić information content (AvgIpc) is 3.17. The standard InChI is InChI=1S/C15H21N5O2/c1-18-7-8-20(11-13(18)14-16-5-6-19(14)2)15(21)17-10-12-4-3-9-22-12/h3-6,9,13H,7-8,10-11H2,1-2H3,(H,17,21)/t13-/m0/s1. The third-order valence-corrected chi connectivity index (χ3v) is 4.09. The number of hydrogen-bond donors (Lipinski definition) is 1. The van der Waals surface area contributed by atoms with Crippen molar-refractivity contribution >= 4 is 6.03 Å². The van der Waals surface area contributed by atoms with Gasteiger partial charge in [-0.05, 0) is 19.2 Å². The summed E-state index contributed by atoms with van der Waals surface area (Å²) in [5.41, 5.74) is 0. The molecule has 1 atom stereocenters. The van der Waals surface area contributed by atoms with E-state index in [2.05, 4.69) is 22.2 Å². The highest BCUT2D eigenvalue weighted by molar-refractivity contribution is 5.74. The Morgan fingerprint density at radius 2 is 2.32 bits per heavy atom. The van der Waals surface area contributed by atoms with Crippen molar-refractivity contribution in [2.24, 2.45) is 7.05 Å². The fraction of sp³-hybridized carbons (Fsp3) is 0.467. The Morgan fingerprint density at radius 1 is 1.45 bits per heavy atom. The zero-order valence-electron chi connectivity index (χ0n) is 12.9. The van der Waals surface area contributed by atoms with Gasteiger partial charge in [0, 0.05) is 39.1 Å². The first-order valence-corrected chi connectivity index (χ1v) is 7.38. The molecule has 1 aliphatic heterocycles. The Balaban J connectivity index is 1.62. The predicted octanol–water partition coefficient (Wildman–Crippen LogP) is 1.21. The molecule has 1 aliphatic rings. The van der Waals surface area contributed by atoms with E-state index in [1.807, 2.05) is 34.8 Å². The summed E-state index contributed by atoms with van der Waals surface area (Å²) < 4.78 is 7.23. The first kappa shape index (κ1) is 14.6. The highest BCUT2D eigenvalue weighted by atomic mass is 16.3. The second kappa shape index (κ2) is 6.23. The number of aromatic nitrogens is 2. The van der Waals surface area contributed by atoms with E-state index in [-0.39, 0.29) is 12.1 Å². The largest absolute Gasteiger partial charge is 0.467 e. The average molecular weight is 303 g/mol. The molecule has 1 saturated heterocycles. The number of furan rings is 1. The van der Waals surface area contributed by atoms with Crippen LogP contribution in [-0.2, 0) is 13.6 Å². The van der Waals surface area contributed by atoms with Crippen LogP contribution in [0.25, 0.3) is 0 Å². The van der Waals surface area contributed by atoms with Gasteiger partial charge in [-0.1, -0.05) is 0 Å². The summed E-state index contributed by atoms with van der Waals surface area (Å²) in [5.74, 6) is 1.73. The highest BCUT2D eigenvalue weighted by Gasteiger charge is 2.30. The molecular weight excluding hydrogens is 282 g/mol. The molecule has 7 nitrogen and oxygen atoms in total. The summed E-state index contributed by atoms with van der Waals surface area (Å²) in [5, 5.41) is 2.90. The second-order valence-corrected chi connectivity index (χ2v) is 5.58.